The van der Waals surface area contributed by atoms with Crippen LogP contribution >= 0.6 is 0 Å². The molecule has 1 spiro atoms. The third-order valence-electron chi connectivity index (χ3n) is 5.04. The van der Waals surface area contributed by atoms with Crippen LogP contribution < -0.4 is 0 Å². The fraction of sp³-hybridized carbons (Fsp3) is 0.450. The lowest BCUT2D eigenvalue weighted by Crippen LogP contribution is -2.67. The standard InChI is InChI=1S/C20H23N3O3/c1-15-5-6-16(11-22-15)19(24)23-13-20(14-23)10-18(7-9-26-20)25-12-17-4-2-3-8-21-17/h2-6,8,11,18H,7,9-10,12-14H2,1H3/t18-/m1/s1. The largest absolute Gasteiger partial charge is 0.372 e. The second kappa shape index (κ2) is 7.13. The van der Waals surface area contributed by atoms with Gasteiger partial charge in [-0.1, -0.05) is 6.07 Å². The van der Waals surface area contributed by atoms with Crippen LogP contribution in [0.15, 0.2) is 42.7 Å². The van der Waals surface area contributed by atoms with Gasteiger partial charge in [-0.2, -0.15) is 0 Å². The maximum absolute atomic E-state index is 12.5. The average molecular weight is 353 g/mol. The maximum atomic E-state index is 12.5. The molecule has 4 rings (SSSR count). The molecule has 2 aliphatic rings. The molecule has 4 heterocycles. The molecule has 2 saturated heterocycles. The van der Waals surface area contributed by atoms with Gasteiger partial charge in [0.05, 0.1) is 37.1 Å². The van der Waals surface area contributed by atoms with Gasteiger partial charge >= 0.3 is 0 Å². The summed E-state index contributed by atoms with van der Waals surface area (Å²) < 4.78 is 12.1. The number of amides is 1. The van der Waals surface area contributed by atoms with E-state index in [0.29, 0.717) is 31.9 Å². The van der Waals surface area contributed by atoms with Crippen molar-refractivity contribution in [3.63, 3.8) is 0 Å². The summed E-state index contributed by atoms with van der Waals surface area (Å²) in [4.78, 5) is 22.9. The molecule has 26 heavy (non-hydrogen) atoms. The first-order valence-corrected chi connectivity index (χ1v) is 9.01. The number of carbonyl (C=O) groups excluding carboxylic acids is 1. The van der Waals surface area contributed by atoms with Crippen LogP contribution in [0, 0.1) is 6.92 Å². The van der Waals surface area contributed by atoms with Gasteiger partial charge in [-0.15, -0.1) is 0 Å². The Balaban J connectivity index is 1.31. The second-order valence-corrected chi connectivity index (χ2v) is 7.13. The summed E-state index contributed by atoms with van der Waals surface area (Å²) in [6.07, 6.45) is 5.26. The Kier molecular flexibility index (Phi) is 4.70. The Bertz CT molecular complexity index is 758. The monoisotopic (exact) mass is 353 g/mol. The topological polar surface area (TPSA) is 64.6 Å². The predicted molar refractivity (Wildman–Crippen MR) is 95.6 cm³/mol. The van der Waals surface area contributed by atoms with Gasteiger partial charge in [0.15, 0.2) is 0 Å². The van der Waals surface area contributed by atoms with Crippen molar-refractivity contribution in [1.82, 2.24) is 14.9 Å². The average Bonchev–Trinajstić information content (AvgIpc) is 2.65. The normalized spacial score (nSPS) is 21.4. The molecule has 0 aromatic carbocycles. The number of hydrogen-bond acceptors (Lipinski definition) is 5. The zero-order valence-electron chi connectivity index (χ0n) is 14.9. The summed E-state index contributed by atoms with van der Waals surface area (Å²) >= 11 is 0. The Labute approximate surface area is 153 Å². The van der Waals surface area contributed by atoms with Crippen LogP contribution in [0.2, 0.25) is 0 Å². The minimum Gasteiger partial charge on any atom is -0.372 e. The van der Waals surface area contributed by atoms with E-state index in [-0.39, 0.29) is 17.6 Å². The zero-order chi connectivity index (χ0) is 18.0. The van der Waals surface area contributed by atoms with Crippen molar-refractivity contribution < 1.29 is 14.3 Å². The van der Waals surface area contributed by atoms with Crippen molar-refractivity contribution in [2.45, 2.75) is 38.1 Å². The molecule has 0 N–H and O–H groups in total. The molecule has 1 atom stereocenters. The summed E-state index contributed by atoms with van der Waals surface area (Å²) in [5.41, 5.74) is 2.21. The molecule has 2 aromatic heterocycles. The van der Waals surface area contributed by atoms with Crippen LogP contribution in [0.5, 0.6) is 0 Å². The van der Waals surface area contributed by atoms with E-state index in [1.165, 1.54) is 0 Å². The number of rotatable bonds is 4. The third kappa shape index (κ3) is 3.61. The van der Waals surface area contributed by atoms with Crippen molar-refractivity contribution in [3.8, 4) is 0 Å². The lowest BCUT2D eigenvalue weighted by Gasteiger charge is -2.53. The predicted octanol–water partition coefficient (Wildman–Crippen LogP) is 2.38. The molecule has 2 aromatic rings. The third-order valence-corrected chi connectivity index (χ3v) is 5.04. The van der Waals surface area contributed by atoms with E-state index < -0.39 is 0 Å². The molecule has 2 aliphatic heterocycles. The highest BCUT2D eigenvalue weighted by atomic mass is 16.5. The molecule has 6 nitrogen and oxygen atoms in total. The van der Waals surface area contributed by atoms with E-state index in [9.17, 15) is 4.79 Å². The SMILES string of the molecule is Cc1ccc(C(=O)N2CC3(C[C@H](OCc4ccccn4)CCO3)C2)cn1. The van der Waals surface area contributed by atoms with Gasteiger partial charge < -0.3 is 14.4 Å². The molecule has 2 fully saturated rings. The molecule has 1 amide bonds. The maximum Gasteiger partial charge on any atom is 0.255 e. The smallest absolute Gasteiger partial charge is 0.255 e. The molecular formula is C20H23N3O3. The molecule has 6 heteroatoms. The Morgan fingerprint density at radius 3 is 2.92 bits per heavy atom. The van der Waals surface area contributed by atoms with Crippen LogP contribution in [-0.4, -0.2) is 52.2 Å². The Hall–Kier alpha value is -2.31. The number of ether oxygens (including phenoxy) is 2. The van der Waals surface area contributed by atoms with Crippen LogP contribution in [0.1, 0.15) is 34.6 Å². The van der Waals surface area contributed by atoms with E-state index in [4.69, 9.17) is 9.47 Å². The van der Waals surface area contributed by atoms with Crippen LogP contribution in [0.25, 0.3) is 0 Å². The number of aryl methyl sites for hydroxylation is 1. The highest BCUT2D eigenvalue weighted by molar-refractivity contribution is 5.94. The van der Waals surface area contributed by atoms with Gasteiger partial charge in [0.1, 0.15) is 5.60 Å². The number of hydrogen-bond donors (Lipinski definition) is 0. The number of carbonyl (C=O) groups is 1. The lowest BCUT2D eigenvalue weighted by molar-refractivity contribution is -0.188. The fourth-order valence-electron chi connectivity index (χ4n) is 3.60. The fourth-order valence-corrected chi connectivity index (χ4v) is 3.60. The number of nitrogens with zero attached hydrogens (tertiary/aromatic N) is 3. The first kappa shape index (κ1) is 17.1. The van der Waals surface area contributed by atoms with Crippen molar-refractivity contribution in [2.75, 3.05) is 19.7 Å². The van der Waals surface area contributed by atoms with Gasteiger partial charge in [0.2, 0.25) is 0 Å². The Morgan fingerprint density at radius 1 is 1.31 bits per heavy atom. The van der Waals surface area contributed by atoms with E-state index in [0.717, 1.165) is 24.2 Å². The number of pyridine rings is 2. The van der Waals surface area contributed by atoms with Crippen molar-refractivity contribution in [3.05, 3.63) is 59.7 Å². The van der Waals surface area contributed by atoms with Gasteiger partial charge in [0, 0.05) is 31.1 Å². The summed E-state index contributed by atoms with van der Waals surface area (Å²) in [6.45, 7) is 4.32. The highest BCUT2D eigenvalue weighted by Crippen LogP contribution is 2.36. The van der Waals surface area contributed by atoms with Crippen LogP contribution in [0.4, 0.5) is 0 Å². The lowest BCUT2D eigenvalue weighted by atomic mass is 9.84. The van der Waals surface area contributed by atoms with E-state index in [1.54, 1.807) is 12.4 Å². The van der Waals surface area contributed by atoms with Crippen molar-refractivity contribution >= 4 is 5.91 Å². The molecule has 0 radical (unpaired) electrons. The first-order chi connectivity index (χ1) is 12.6. The van der Waals surface area contributed by atoms with Crippen LogP contribution in [0.3, 0.4) is 0 Å². The number of likely N-dealkylation sites (tertiary alicyclic amines) is 1. The van der Waals surface area contributed by atoms with E-state index in [1.807, 2.05) is 42.2 Å². The second-order valence-electron chi connectivity index (χ2n) is 7.13. The molecule has 0 saturated carbocycles. The molecule has 0 bridgehead atoms. The van der Waals surface area contributed by atoms with Gasteiger partial charge in [-0.25, -0.2) is 0 Å². The molecule has 136 valence electrons. The van der Waals surface area contributed by atoms with Crippen LogP contribution in [-0.2, 0) is 16.1 Å². The van der Waals surface area contributed by atoms with E-state index >= 15 is 0 Å². The first-order valence-electron chi connectivity index (χ1n) is 9.01. The quantitative estimate of drug-likeness (QED) is 0.844. The molecule has 0 unspecified atom stereocenters. The highest BCUT2D eigenvalue weighted by Gasteiger charge is 2.49. The summed E-state index contributed by atoms with van der Waals surface area (Å²) in [6, 6.07) is 9.52. The molecular weight excluding hydrogens is 330 g/mol. The minimum atomic E-state index is -0.263. The van der Waals surface area contributed by atoms with Crippen molar-refractivity contribution in [2.24, 2.45) is 0 Å². The summed E-state index contributed by atoms with van der Waals surface area (Å²) in [7, 11) is 0. The summed E-state index contributed by atoms with van der Waals surface area (Å²) in [5, 5.41) is 0. The Morgan fingerprint density at radius 2 is 2.19 bits per heavy atom. The zero-order valence-corrected chi connectivity index (χ0v) is 14.9. The van der Waals surface area contributed by atoms with E-state index in [2.05, 4.69) is 9.97 Å². The van der Waals surface area contributed by atoms with Gasteiger partial charge in [0.25, 0.3) is 5.91 Å². The molecule has 0 aliphatic carbocycles. The minimum absolute atomic E-state index is 0.0169. The summed E-state index contributed by atoms with van der Waals surface area (Å²) in [5.74, 6) is 0.0169. The number of aromatic nitrogens is 2. The van der Waals surface area contributed by atoms with Gasteiger partial charge in [-0.3, -0.25) is 14.8 Å². The van der Waals surface area contributed by atoms with Gasteiger partial charge in [-0.05, 0) is 37.6 Å². The van der Waals surface area contributed by atoms with Crippen molar-refractivity contribution in [1.29, 1.82) is 0 Å².